The standard InChI is InChI=1S/C14H22N4S/c1-10-7-11(14(15)19)8-13(17-10)16-9-12-5-3-4-6-18(12)2/h7-8,12H,3-6,9H2,1-2H3,(H2,15,19)(H,16,17). The number of nitrogens with two attached hydrogens (primary N) is 1. The zero-order chi connectivity index (χ0) is 13.8. The van der Waals surface area contributed by atoms with Gasteiger partial charge in [0, 0.05) is 23.8 Å². The number of anilines is 1. The van der Waals surface area contributed by atoms with Crippen LogP contribution >= 0.6 is 12.2 Å². The molecule has 1 aliphatic heterocycles. The number of likely N-dealkylation sites (N-methyl/N-ethyl adjacent to an activating group) is 1. The van der Waals surface area contributed by atoms with Gasteiger partial charge in [-0.15, -0.1) is 0 Å². The van der Waals surface area contributed by atoms with Gasteiger partial charge in [-0.25, -0.2) is 4.98 Å². The molecule has 2 heterocycles. The van der Waals surface area contributed by atoms with Crippen molar-refractivity contribution in [3.05, 3.63) is 23.4 Å². The summed E-state index contributed by atoms with van der Waals surface area (Å²) in [4.78, 5) is 7.32. The van der Waals surface area contributed by atoms with E-state index in [4.69, 9.17) is 18.0 Å². The molecule has 1 unspecified atom stereocenters. The minimum absolute atomic E-state index is 0.420. The zero-order valence-corrected chi connectivity index (χ0v) is 12.5. The van der Waals surface area contributed by atoms with Gasteiger partial charge in [0.2, 0.25) is 0 Å². The van der Waals surface area contributed by atoms with Gasteiger partial charge in [-0.1, -0.05) is 18.6 Å². The average molecular weight is 278 g/mol. The van der Waals surface area contributed by atoms with Gasteiger partial charge in [0.1, 0.15) is 10.8 Å². The molecular weight excluding hydrogens is 256 g/mol. The van der Waals surface area contributed by atoms with Crippen molar-refractivity contribution in [2.45, 2.75) is 32.2 Å². The number of nitrogens with zero attached hydrogens (tertiary/aromatic N) is 2. The van der Waals surface area contributed by atoms with Crippen LogP contribution in [-0.4, -0.2) is 41.1 Å². The van der Waals surface area contributed by atoms with Crippen LogP contribution in [-0.2, 0) is 0 Å². The van der Waals surface area contributed by atoms with E-state index >= 15 is 0 Å². The average Bonchev–Trinajstić information content (AvgIpc) is 2.37. The Morgan fingerprint density at radius 1 is 1.53 bits per heavy atom. The predicted octanol–water partition coefficient (Wildman–Crippen LogP) is 1.92. The molecule has 2 rings (SSSR count). The Hall–Kier alpha value is -1.20. The molecule has 1 aromatic rings. The Morgan fingerprint density at radius 2 is 2.32 bits per heavy atom. The molecule has 3 N–H and O–H groups in total. The summed E-state index contributed by atoms with van der Waals surface area (Å²) in [5.41, 5.74) is 7.49. The quantitative estimate of drug-likeness (QED) is 0.824. The molecule has 4 nitrogen and oxygen atoms in total. The van der Waals surface area contributed by atoms with Gasteiger partial charge >= 0.3 is 0 Å². The van der Waals surface area contributed by atoms with Crippen molar-refractivity contribution in [3.8, 4) is 0 Å². The Morgan fingerprint density at radius 3 is 3.00 bits per heavy atom. The molecule has 0 spiro atoms. The topological polar surface area (TPSA) is 54.2 Å². The lowest BCUT2D eigenvalue weighted by atomic mass is 10.0. The van der Waals surface area contributed by atoms with Crippen LogP contribution in [0.25, 0.3) is 0 Å². The lowest BCUT2D eigenvalue weighted by molar-refractivity contribution is 0.194. The van der Waals surface area contributed by atoms with E-state index in [-0.39, 0.29) is 0 Å². The van der Waals surface area contributed by atoms with Crippen molar-refractivity contribution in [2.75, 3.05) is 25.5 Å². The molecule has 0 aromatic carbocycles. The van der Waals surface area contributed by atoms with Gasteiger partial charge in [0.05, 0.1) is 0 Å². The van der Waals surface area contributed by atoms with Crippen molar-refractivity contribution in [1.29, 1.82) is 0 Å². The largest absolute Gasteiger partial charge is 0.389 e. The molecule has 19 heavy (non-hydrogen) atoms. The van der Waals surface area contributed by atoms with Crippen molar-refractivity contribution >= 4 is 23.0 Å². The van der Waals surface area contributed by atoms with E-state index in [0.717, 1.165) is 23.6 Å². The molecule has 0 amide bonds. The summed E-state index contributed by atoms with van der Waals surface area (Å²) in [5, 5.41) is 3.41. The molecule has 0 saturated carbocycles. The zero-order valence-electron chi connectivity index (χ0n) is 11.6. The number of nitrogens with one attached hydrogen (secondary N) is 1. The molecule has 1 fully saturated rings. The molecule has 5 heteroatoms. The van der Waals surface area contributed by atoms with E-state index in [2.05, 4.69) is 22.2 Å². The van der Waals surface area contributed by atoms with E-state index < -0.39 is 0 Å². The first-order valence-corrected chi connectivity index (χ1v) is 7.19. The van der Waals surface area contributed by atoms with E-state index in [1.807, 2.05) is 19.1 Å². The first-order chi connectivity index (χ1) is 9.06. The van der Waals surface area contributed by atoms with Gasteiger partial charge in [0.25, 0.3) is 0 Å². The van der Waals surface area contributed by atoms with Crippen LogP contribution in [0.4, 0.5) is 5.82 Å². The summed E-state index contributed by atoms with van der Waals surface area (Å²) in [6.07, 6.45) is 3.87. The van der Waals surface area contributed by atoms with Crippen molar-refractivity contribution in [2.24, 2.45) is 5.73 Å². The normalized spacial score (nSPS) is 20.2. The number of rotatable bonds is 4. The van der Waals surface area contributed by atoms with Crippen LogP contribution in [0.15, 0.2) is 12.1 Å². The highest BCUT2D eigenvalue weighted by atomic mass is 32.1. The summed E-state index contributed by atoms with van der Waals surface area (Å²) in [7, 11) is 2.19. The van der Waals surface area contributed by atoms with E-state index in [9.17, 15) is 0 Å². The SMILES string of the molecule is Cc1cc(C(N)=S)cc(NCC2CCCCN2C)n1. The minimum Gasteiger partial charge on any atom is -0.389 e. The second-order valence-electron chi connectivity index (χ2n) is 5.26. The van der Waals surface area contributed by atoms with E-state index in [1.54, 1.807) is 0 Å². The number of thiocarbonyl (C=S) groups is 1. The third-order valence-corrected chi connectivity index (χ3v) is 3.91. The summed E-state index contributed by atoms with van der Waals surface area (Å²) in [6, 6.07) is 4.43. The van der Waals surface area contributed by atoms with Crippen molar-refractivity contribution in [1.82, 2.24) is 9.88 Å². The van der Waals surface area contributed by atoms with Crippen LogP contribution in [0.2, 0.25) is 0 Å². The van der Waals surface area contributed by atoms with E-state index in [1.165, 1.54) is 25.8 Å². The Labute approximate surface area is 120 Å². The number of aryl methyl sites for hydroxylation is 1. The number of aromatic nitrogens is 1. The predicted molar refractivity (Wildman–Crippen MR) is 83.6 cm³/mol. The van der Waals surface area contributed by atoms with Crippen LogP contribution in [0.3, 0.4) is 0 Å². The van der Waals surface area contributed by atoms with Crippen LogP contribution < -0.4 is 11.1 Å². The molecule has 1 saturated heterocycles. The highest BCUT2D eigenvalue weighted by Gasteiger charge is 2.18. The summed E-state index contributed by atoms with van der Waals surface area (Å²) in [5.74, 6) is 0.863. The second-order valence-corrected chi connectivity index (χ2v) is 5.70. The fourth-order valence-electron chi connectivity index (χ4n) is 2.53. The fraction of sp³-hybridized carbons (Fsp3) is 0.571. The number of hydrogen-bond donors (Lipinski definition) is 2. The van der Waals surface area contributed by atoms with Crippen molar-refractivity contribution < 1.29 is 0 Å². The number of piperidine rings is 1. The monoisotopic (exact) mass is 278 g/mol. The van der Waals surface area contributed by atoms with Gasteiger partial charge in [-0.2, -0.15) is 0 Å². The summed E-state index contributed by atoms with van der Waals surface area (Å²) < 4.78 is 0. The molecule has 1 aromatic heterocycles. The lowest BCUT2D eigenvalue weighted by Gasteiger charge is -2.32. The van der Waals surface area contributed by atoms with Crippen molar-refractivity contribution in [3.63, 3.8) is 0 Å². The van der Waals surface area contributed by atoms with Gasteiger partial charge in [-0.3, -0.25) is 0 Å². The molecule has 1 aliphatic rings. The lowest BCUT2D eigenvalue weighted by Crippen LogP contribution is -2.40. The van der Waals surface area contributed by atoms with E-state index in [0.29, 0.717) is 11.0 Å². The fourth-order valence-corrected chi connectivity index (χ4v) is 2.64. The second kappa shape index (κ2) is 6.30. The van der Waals surface area contributed by atoms with Crippen LogP contribution in [0.5, 0.6) is 0 Å². The first-order valence-electron chi connectivity index (χ1n) is 6.79. The van der Waals surface area contributed by atoms with Gasteiger partial charge in [0.15, 0.2) is 0 Å². The number of likely N-dealkylation sites (tertiary alicyclic amines) is 1. The maximum atomic E-state index is 5.68. The smallest absolute Gasteiger partial charge is 0.126 e. The minimum atomic E-state index is 0.420. The summed E-state index contributed by atoms with van der Waals surface area (Å²) >= 11 is 5.02. The molecule has 1 atom stereocenters. The van der Waals surface area contributed by atoms with Crippen LogP contribution in [0.1, 0.15) is 30.5 Å². The van der Waals surface area contributed by atoms with Gasteiger partial charge < -0.3 is 16.0 Å². The highest BCUT2D eigenvalue weighted by Crippen LogP contribution is 2.16. The number of pyridine rings is 1. The molecular formula is C14H22N4S. The van der Waals surface area contributed by atoms with Gasteiger partial charge in [-0.05, 0) is 45.5 Å². The summed E-state index contributed by atoms with van der Waals surface area (Å²) in [6.45, 7) is 4.06. The third-order valence-electron chi connectivity index (χ3n) is 3.68. The maximum absolute atomic E-state index is 5.68. The Bertz CT molecular complexity index is 461. The van der Waals surface area contributed by atoms with Crippen LogP contribution in [0, 0.1) is 6.92 Å². The Kier molecular flexibility index (Phi) is 4.71. The molecule has 0 aliphatic carbocycles. The molecule has 0 radical (unpaired) electrons. The highest BCUT2D eigenvalue weighted by molar-refractivity contribution is 7.80. The maximum Gasteiger partial charge on any atom is 0.126 e. The molecule has 0 bridgehead atoms. The first kappa shape index (κ1) is 14.2. The third kappa shape index (κ3) is 3.88. The molecule has 104 valence electrons. The Balaban J connectivity index is 2.00. The number of hydrogen-bond acceptors (Lipinski definition) is 4.